The largest absolute Gasteiger partial charge is 0.481 e. The molecule has 1 aliphatic rings. The maximum Gasteiger partial charge on any atom is 0.303 e. The molecule has 0 bridgehead atoms. The summed E-state index contributed by atoms with van der Waals surface area (Å²) < 4.78 is 0. The van der Waals surface area contributed by atoms with Crippen LogP contribution < -0.4 is 0 Å². The molecule has 0 unspecified atom stereocenters. The number of nitrogens with one attached hydrogen (secondary N) is 1. The molecular formula is C15H16N2O2. The van der Waals surface area contributed by atoms with E-state index in [4.69, 9.17) is 5.11 Å². The second-order valence-electron chi connectivity index (χ2n) is 4.85. The number of H-pyrrole nitrogens is 1. The molecule has 3 rings (SSSR count). The Labute approximate surface area is 111 Å². The Bertz CT molecular complexity index is 643. The van der Waals surface area contributed by atoms with Gasteiger partial charge in [0.15, 0.2) is 0 Å². The number of fused-ring (bicyclic) bond motifs is 3. The number of aromatic amines is 1. The highest BCUT2D eigenvalue weighted by Crippen LogP contribution is 2.27. The predicted molar refractivity (Wildman–Crippen MR) is 74.6 cm³/mol. The van der Waals surface area contributed by atoms with Crippen molar-refractivity contribution in [2.75, 3.05) is 6.54 Å². The zero-order valence-corrected chi connectivity index (χ0v) is 10.6. The number of carbonyl (C=O) groups is 1. The zero-order valence-electron chi connectivity index (χ0n) is 10.6. The van der Waals surface area contributed by atoms with Gasteiger partial charge in [-0.1, -0.05) is 18.2 Å². The molecule has 2 heterocycles. The summed E-state index contributed by atoms with van der Waals surface area (Å²) in [5.74, 6) is -0.728. The van der Waals surface area contributed by atoms with Gasteiger partial charge >= 0.3 is 5.97 Å². The maximum atomic E-state index is 10.5. The maximum absolute atomic E-state index is 10.5. The molecular weight excluding hydrogens is 240 g/mol. The van der Waals surface area contributed by atoms with Gasteiger partial charge in [0.25, 0.3) is 0 Å². The molecule has 0 saturated carbocycles. The molecule has 0 saturated heterocycles. The molecule has 0 atom stereocenters. The van der Waals surface area contributed by atoms with Crippen LogP contribution in [0.3, 0.4) is 0 Å². The third kappa shape index (κ3) is 2.34. The summed E-state index contributed by atoms with van der Waals surface area (Å²) in [6.45, 7) is 1.62. The normalized spacial score (nSPS) is 13.8. The minimum atomic E-state index is -0.728. The Morgan fingerprint density at radius 1 is 1.37 bits per heavy atom. The lowest BCUT2D eigenvalue weighted by molar-refractivity contribution is -0.137. The van der Waals surface area contributed by atoms with Gasteiger partial charge in [-0.25, -0.2) is 0 Å². The van der Waals surface area contributed by atoms with Crippen LogP contribution in [0.25, 0.3) is 17.0 Å². The van der Waals surface area contributed by atoms with Crippen molar-refractivity contribution in [3.8, 4) is 0 Å². The van der Waals surface area contributed by atoms with Crippen LogP contribution in [-0.4, -0.2) is 27.5 Å². The van der Waals surface area contributed by atoms with Crippen LogP contribution in [0.2, 0.25) is 0 Å². The molecule has 0 spiro atoms. The third-order valence-corrected chi connectivity index (χ3v) is 3.50. The van der Waals surface area contributed by atoms with Crippen molar-refractivity contribution in [1.82, 2.24) is 9.88 Å². The molecule has 4 heteroatoms. The molecule has 1 aromatic carbocycles. The lowest BCUT2D eigenvalue weighted by Gasteiger charge is -2.23. The van der Waals surface area contributed by atoms with Crippen LogP contribution in [-0.2, 0) is 11.3 Å². The standard InChI is InChI=1S/C15H16N2O2/c18-15(19)6-3-8-17-9-7-14-12(10-17)11-4-1-2-5-13(11)16-14/h1-2,4-5,7,9,16H,3,6,8,10H2,(H,18,19). The second kappa shape index (κ2) is 4.80. The molecule has 0 fully saturated rings. The van der Waals surface area contributed by atoms with E-state index in [-0.39, 0.29) is 6.42 Å². The molecule has 4 nitrogen and oxygen atoms in total. The number of aromatic nitrogens is 1. The predicted octanol–water partition coefficient (Wildman–Crippen LogP) is 2.82. The fraction of sp³-hybridized carbons (Fsp3) is 0.267. The van der Waals surface area contributed by atoms with E-state index in [1.807, 2.05) is 18.3 Å². The number of para-hydroxylation sites is 1. The van der Waals surface area contributed by atoms with Crippen LogP contribution in [0.5, 0.6) is 0 Å². The van der Waals surface area contributed by atoms with E-state index in [0.717, 1.165) is 24.3 Å². The van der Waals surface area contributed by atoms with Crippen LogP contribution >= 0.6 is 0 Å². The summed E-state index contributed by atoms with van der Waals surface area (Å²) in [7, 11) is 0. The average Bonchev–Trinajstić information content (AvgIpc) is 2.76. The molecule has 98 valence electrons. The van der Waals surface area contributed by atoms with Crippen molar-refractivity contribution >= 4 is 22.9 Å². The summed E-state index contributed by atoms with van der Waals surface area (Å²) in [5.41, 5.74) is 3.62. The number of carboxylic acid groups (broad SMARTS) is 1. The quantitative estimate of drug-likeness (QED) is 0.884. The SMILES string of the molecule is O=C(O)CCCN1C=Cc2[nH]c3ccccc3c2C1. The van der Waals surface area contributed by atoms with Gasteiger partial charge in [0, 0.05) is 47.9 Å². The number of benzene rings is 1. The van der Waals surface area contributed by atoms with E-state index in [0.29, 0.717) is 6.42 Å². The number of rotatable bonds is 4. The third-order valence-electron chi connectivity index (χ3n) is 3.50. The van der Waals surface area contributed by atoms with Gasteiger partial charge in [0.05, 0.1) is 0 Å². The first-order chi connectivity index (χ1) is 9.24. The van der Waals surface area contributed by atoms with Gasteiger partial charge in [0.2, 0.25) is 0 Å². The topological polar surface area (TPSA) is 56.3 Å². The monoisotopic (exact) mass is 256 g/mol. The van der Waals surface area contributed by atoms with Gasteiger partial charge < -0.3 is 15.0 Å². The average molecular weight is 256 g/mol. The number of nitrogens with zero attached hydrogens (tertiary/aromatic N) is 1. The molecule has 1 aliphatic heterocycles. The molecule has 19 heavy (non-hydrogen) atoms. The number of hydrogen-bond acceptors (Lipinski definition) is 2. The lowest BCUT2D eigenvalue weighted by Crippen LogP contribution is -2.21. The molecule has 2 N–H and O–H groups in total. The minimum absolute atomic E-state index is 0.227. The lowest BCUT2D eigenvalue weighted by atomic mass is 10.1. The Balaban J connectivity index is 1.77. The van der Waals surface area contributed by atoms with Crippen molar-refractivity contribution < 1.29 is 9.90 Å². The number of hydrogen-bond donors (Lipinski definition) is 2. The Kier molecular flexibility index (Phi) is 2.99. The van der Waals surface area contributed by atoms with E-state index in [2.05, 4.69) is 28.1 Å². The zero-order chi connectivity index (χ0) is 13.2. The van der Waals surface area contributed by atoms with E-state index < -0.39 is 5.97 Å². The summed E-state index contributed by atoms with van der Waals surface area (Å²) in [5, 5.41) is 9.92. The van der Waals surface area contributed by atoms with Crippen LogP contribution in [0, 0.1) is 0 Å². The molecule has 1 aromatic heterocycles. The fourth-order valence-electron chi connectivity index (χ4n) is 2.56. The van der Waals surface area contributed by atoms with Crippen molar-refractivity contribution in [3.63, 3.8) is 0 Å². The van der Waals surface area contributed by atoms with Crippen LogP contribution in [0.4, 0.5) is 0 Å². The highest BCUT2D eigenvalue weighted by Gasteiger charge is 2.15. The highest BCUT2D eigenvalue weighted by atomic mass is 16.4. The van der Waals surface area contributed by atoms with Crippen LogP contribution in [0.15, 0.2) is 30.5 Å². The highest BCUT2D eigenvalue weighted by molar-refractivity contribution is 5.87. The van der Waals surface area contributed by atoms with Crippen molar-refractivity contribution in [2.45, 2.75) is 19.4 Å². The summed E-state index contributed by atoms with van der Waals surface area (Å²) in [4.78, 5) is 16.1. The van der Waals surface area contributed by atoms with E-state index in [1.165, 1.54) is 10.9 Å². The summed E-state index contributed by atoms with van der Waals surface area (Å²) in [6, 6.07) is 8.28. The Morgan fingerprint density at radius 3 is 3.05 bits per heavy atom. The van der Waals surface area contributed by atoms with E-state index >= 15 is 0 Å². The van der Waals surface area contributed by atoms with Crippen molar-refractivity contribution in [1.29, 1.82) is 0 Å². The number of aliphatic carboxylic acids is 1. The van der Waals surface area contributed by atoms with E-state index in [1.54, 1.807) is 0 Å². The first-order valence-electron chi connectivity index (χ1n) is 6.47. The van der Waals surface area contributed by atoms with Gasteiger partial charge in [-0.2, -0.15) is 0 Å². The van der Waals surface area contributed by atoms with Gasteiger partial charge in [-0.05, 0) is 18.6 Å². The first-order valence-corrected chi connectivity index (χ1v) is 6.47. The smallest absolute Gasteiger partial charge is 0.303 e. The summed E-state index contributed by atoms with van der Waals surface area (Å²) >= 11 is 0. The Morgan fingerprint density at radius 2 is 2.21 bits per heavy atom. The van der Waals surface area contributed by atoms with E-state index in [9.17, 15) is 4.79 Å². The van der Waals surface area contributed by atoms with Crippen molar-refractivity contribution in [3.05, 3.63) is 41.7 Å². The number of carboxylic acids is 1. The molecule has 0 amide bonds. The second-order valence-corrected chi connectivity index (χ2v) is 4.85. The first kappa shape index (κ1) is 11.8. The summed E-state index contributed by atoms with van der Waals surface area (Å²) in [6.07, 6.45) is 5.02. The minimum Gasteiger partial charge on any atom is -0.481 e. The fourth-order valence-corrected chi connectivity index (χ4v) is 2.56. The molecule has 0 aliphatic carbocycles. The van der Waals surface area contributed by atoms with Gasteiger partial charge in [-0.3, -0.25) is 4.79 Å². The molecule has 2 aromatic rings. The Hall–Kier alpha value is -2.23. The molecule has 0 radical (unpaired) electrons. The van der Waals surface area contributed by atoms with Gasteiger partial charge in [-0.15, -0.1) is 0 Å². The van der Waals surface area contributed by atoms with Gasteiger partial charge in [0.1, 0.15) is 0 Å². The van der Waals surface area contributed by atoms with Crippen LogP contribution in [0.1, 0.15) is 24.1 Å². The van der Waals surface area contributed by atoms with Crippen molar-refractivity contribution in [2.24, 2.45) is 0 Å².